The number of unbranched alkanes of at least 4 members (excludes halogenated alkanes) is 9. The van der Waals surface area contributed by atoms with Gasteiger partial charge >= 0.3 is 10.2 Å². The standard InChI is InChI=1S/C19H38N3O2S.ClH/c1-5-7-8-9-10-11-12-13-14-15-16-21-17-18-22(19(21)3)25(23,24)20(4)6-2;/h17-18H,5-16H2,1-4H3;1H/q+1;/p-1. The number of halogens is 1. The highest BCUT2D eigenvalue weighted by Gasteiger charge is 2.28. The number of nitrogens with zero attached hydrogens (tertiary/aromatic N) is 3. The van der Waals surface area contributed by atoms with E-state index in [2.05, 4.69) is 6.92 Å². The summed E-state index contributed by atoms with van der Waals surface area (Å²) in [6, 6.07) is 0. The summed E-state index contributed by atoms with van der Waals surface area (Å²) in [5.41, 5.74) is 0. The summed E-state index contributed by atoms with van der Waals surface area (Å²) in [5, 5.41) is 0. The maximum Gasteiger partial charge on any atom is 0.379 e. The molecule has 0 bridgehead atoms. The molecule has 0 amide bonds. The number of aryl methyl sites for hydroxylation is 1. The highest BCUT2D eigenvalue weighted by molar-refractivity contribution is 7.87. The van der Waals surface area contributed by atoms with E-state index in [0.717, 1.165) is 18.8 Å². The Morgan fingerprint density at radius 3 is 1.96 bits per heavy atom. The molecule has 1 rings (SSSR count). The van der Waals surface area contributed by atoms with Crippen molar-refractivity contribution in [1.29, 1.82) is 0 Å². The van der Waals surface area contributed by atoms with Crippen LogP contribution in [0, 0.1) is 6.92 Å². The van der Waals surface area contributed by atoms with Crippen LogP contribution in [-0.2, 0) is 16.8 Å². The predicted octanol–water partition coefficient (Wildman–Crippen LogP) is 1.05. The number of imidazole rings is 1. The lowest BCUT2D eigenvalue weighted by Crippen LogP contribution is -3.00. The van der Waals surface area contributed by atoms with Crippen LogP contribution in [0.2, 0.25) is 0 Å². The van der Waals surface area contributed by atoms with Crippen LogP contribution in [0.1, 0.15) is 83.9 Å². The molecule has 7 heteroatoms. The molecule has 1 aromatic heterocycles. The van der Waals surface area contributed by atoms with E-state index in [4.69, 9.17) is 0 Å². The van der Waals surface area contributed by atoms with Crippen molar-refractivity contribution in [2.24, 2.45) is 0 Å². The normalized spacial score (nSPS) is 11.7. The van der Waals surface area contributed by atoms with Crippen LogP contribution in [0.4, 0.5) is 0 Å². The van der Waals surface area contributed by atoms with E-state index in [-0.39, 0.29) is 12.4 Å². The Balaban J connectivity index is 0.00000625. The average Bonchev–Trinajstić information content (AvgIpc) is 2.97. The molecule has 0 unspecified atom stereocenters. The molecule has 1 heterocycles. The molecule has 0 spiro atoms. The maximum atomic E-state index is 12.4. The quantitative estimate of drug-likeness (QED) is 0.342. The van der Waals surface area contributed by atoms with Crippen LogP contribution in [0.15, 0.2) is 12.4 Å². The van der Waals surface area contributed by atoms with Gasteiger partial charge in [0.25, 0.3) is 5.82 Å². The molecule has 154 valence electrons. The Hall–Kier alpha value is -0.590. The summed E-state index contributed by atoms with van der Waals surface area (Å²) < 4.78 is 29.6. The van der Waals surface area contributed by atoms with Gasteiger partial charge in [0.2, 0.25) is 0 Å². The Bertz CT molecular complexity index is 588. The fourth-order valence-corrected chi connectivity index (χ4v) is 4.32. The third-order valence-electron chi connectivity index (χ3n) is 4.96. The van der Waals surface area contributed by atoms with Crippen molar-refractivity contribution in [2.75, 3.05) is 13.6 Å². The predicted molar refractivity (Wildman–Crippen MR) is 104 cm³/mol. The highest BCUT2D eigenvalue weighted by Crippen LogP contribution is 2.11. The lowest BCUT2D eigenvalue weighted by molar-refractivity contribution is -0.702. The second kappa shape index (κ2) is 13.6. The minimum Gasteiger partial charge on any atom is -1.00 e. The third-order valence-corrected chi connectivity index (χ3v) is 6.89. The molecule has 0 aromatic carbocycles. The van der Waals surface area contributed by atoms with E-state index >= 15 is 0 Å². The second-order valence-electron chi connectivity index (χ2n) is 6.94. The van der Waals surface area contributed by atoms with Gasteiger partial charge in [-0.1, -0.05) is 65.2 Å². The SMILES string of the molecule is CCCCCCCCCCCC[n+]1ccn(S(=O)(=O)N(C)CC)c1C.[Cl-]. The van der Waals surface area contributed by atoms with E-state index < -0.39 is 10.2 Å². The summed E-state index contributed by atoms with van der Waals surface area (Å²) in [6.07, 6.45) is 16.7. The van der Waals surface area contributed by atoms with Gasteiger partial charge in [0.05, 0.1) is 6.54 Å². The minimum atomic E-state index is -3.42. The van der Waals surface area contributed by atoms with Crippen molar-refractivity contribution in [3.63, 3.8) is 0 Å². The van der Waals surface area contributed by atoms with Crippen molar-refractivity contribution in [1.82, 2.24) is 8.28 Å². The summed E-state index contributed by atoms with van der Waals surface area (Å²) in [5.74, 6) is 0.774. The first-order chi connectivity index (χ1) is 11.9. The third kappa shape index (κ3) is 7.97. The molecule has 0 aliphatic rings. The van der Waals surface area contributed by atoms with Crippen molar-refractivity contribution < 1.29 is 25.4 Å². The molecule has 0 aliphatic carbocycles. The Kier molecular flexibility index (Phi) is 13.3. The summed E-state index contributed by atoms with van der Waals surface area (Å²) in [6.45, 7) is 7.33. The maximum absolute atomic E-state index is 12.4. The van der Waals surface area contributed by atoms with Gasteiger partial charge in [0.1, 0.15) is 12.4 Å². The van der Waals surface area contributed by atoms with Crippen LogP contribution in [0.25, 0.3) is 0 Å². The van der Waals surface area contributed by atoms with Gasteiger partial charge in [-0.15, -0.1) is 3.97 Å². The van der Waals surface area contributed by atoms with E-state index in [1.807, 2.05) is 24.6 Å². The molecule has 0 saturated carbocycles. The monoisotopic (exact) mass is 407 g/mol. The van der Waals surface area contributed by atoms with Crippen molar-refractivity contribution in [3.05, 3.63) is 18.2 Å². The highest BCUT2D eigenvalue weighted by atomic mass is 35.5. The van der Waals surface area contributed by atoms with E-state index in [9.17, 15) is 8.42 Å². The zero-order valence-electron chi connectivity index (χ0n) is 17.1. The molecule has 5 nitrogen and oxygen atoms in total. The van der Waals surface area contributed by atoms with E-state index in [1.54, 1.807) is 13.2 Å². The fraction of sp³-hybridized carbons (Fsp3) is 0.842. The first-order valence-electron chi connectivity index (χ1n) is 9.99. The van der Waals surface area contributed by atoms with Gasteiger partial charge in [0, 0.05) is 20.5 Å². The van der Waals surface area contributed by atoms with Crippen molar-refractivity contribution in [3.8, 4) is 0 Å². The Labute approximate surface area is 167 Å². The summed E-state index contributed by atoms with van der Waals surface area (Å²) >= 11 is 0. The van der Waals surface area contributed by atoms with Crippen molar-refractivity contribution in [2.45, 2.75) is 91.5 Å². The topological polar surface area (TPSA) is 46.2 Å². The van der Waals surface area contributed by atoms with Crippen molar-refractivity contribution >= 4 is 10.2 Å². The number of aromatic nitrogens is 2. The van der Waals surface area contributed by atoms with Gasteiger partial charge in [-0.05, 0) is 12.8 Å². The molecule has 0 radical (unpaired) electrons. The molecule has 1 aromatic rings. The van der Waals surface area contributed by atoms with Crippen LogP contribution in [0.5, 0.6) is 0 Å². The fourth-order valence-electron chi connectivity index (χ4n) is 3.05. The second-order valence-corrected chi connectivity index (χ2v) is 8.85. The number of hydrogen-bond donors (Lipinski definition) is 0. The molecule has 0 saturated heterocycles. The average molecular weight is 408 g/mol. The molecule has 26 heavy (non-hydrogen) atoms. The summed E-state index contributed by atoms with van der Waals surface area (Å²) in [7, 11) is -1.81. The first kappa shape index (κ1) is 25.4. The van der Waals surface area contributed by atoms with Gasteiger partial charge in [-0.3, -0.25) is 0 Å². The molecule has 0 fully saturated rings. The molecular weight excluding hydrogens is 370 g/mol. The van der Waals surface area contributed by atoms with Gasteiger partial charge in [-0.25, -0.2) is 4.57 Å². The zero-order valence-corrected chi connectivity index (χ0v) is 18.7. The minimum absolute atomic E-state index is 0. The molecule has 0 atom stereocenters. The number of hydrogen-bond acceptors (Lipinski definition) is 2. The largest absolute Gasteiger partial charge is 1.00 e. The van der Waals surface area contributed by atoms with Gasteiger partial charge in [0.15, 0.2) is 0 Å². The number of rotatable bonds is 14. The van der Waals surface area contributed by atoms with Gasteiger partial charge < -0.3 is 12.4 Å². The Morgan fingerprint density at radius 1 is 0.962 bits per heavy atom. The van der Waals surface area contributed by atoms with Crippen LogP contribution < -0.4 is 17.0 Å². The summed E-state index contributed by atoms with van der Waals surface area (Å²) in [4.78, 5) is 0. The Morgan fingerprint density at radius 2 is 1.46 bits per heavy atom. The molecule has 0 aliphatic heterocycles. The van der Waals surface area contributed by atoms with Crippen LogP contribution in [-0.4, -0.2) is 30.3 Å². The van der Waals surface area contributed by atoms with Gasteiger partial charge in [-0.2, -0.15) is 12.7 Å². The van der Waals surface area contributed by atoms with Crippen LogP contribution in [0.3, 0.4) is 0 Å². The molecule has 0 N–H and O–H groups in total. The van der Waals surface area contributed by atoms with Crippen LogP contribution >= 0.6 is 0 Å². The molecular formula is C19H38ClN3O2S. The smallest absolute Gasteiger partial charge is 0.379 e. The lowest BCUT2D eigenvalue weighted by Gasteiger charge is -2.11. The lowest BCUT2D eigenvalue weighted by atomic mass is 10.1. The zero-order chi connectivity index (χ0) is 18.7. The van der Waals surface area contributed by atoms with E-state index in [1.165, 1.54) is 66.1 Å². The first-order valence-corrected chi connectivity index (χ1v) is 11.4. The van der Waals surface area contributed by atoms with E-state index in [0.29, 0.717) is 6.54 Å².